The maximum Gasteiger partial charge on any atom is 0.261 e. The Morgan fingerprint density at radius 2 is 1.98 bits per heavy atom. The van der Waals surface area contributed by atoms with Gasteiger partial charge in [0.25, 0.3) is 5.56 Å². The highest BCUT2D eigenvalue weighted by Gasteiger charge is 2.56. The number of benzene rings is 2. The molecule has 0 radical (unpaired) electrons. The van der Waals surface area contributed by atoms with Crippen LogP contribution in [0, 0.1) is 29.0 Å². The van der Waals surface area contributed by atoms with Gasteiger partial charge < -0.3 is 15.5 Å². The highest BCUT2D eigenvalue weighted by molar-refractivity contribution is 5.96. The highest BCUT2D eigenvalue weighted by atomic mass is 19.1. The summed E-state index contributed by atoms with van der Waals surface area (Å²) >= 11 is 0. The second-order valence-corrected chi connectivity index (χ2v) is 13.7. The lowest BCUT2D eigenvalue weighted by atomic mass is 9.45. The number of nitrogens with one attached hydrogen (secondary N) is 3. The van der Waals surface area contributed by atoms with Crippen LogP contribution in [-0.2, 0) is 13.0 Å². The van der Waals surface area contributed by atoms with Crippen LogP contribution >= 0.6 is 0 Å². The minimum Gasteiger partial charge on any atom is -0.340 e. The van der Waals surface area contributed by atoms with Crippen LogP contribution in [0.15, 0.2) is 58.6 Å². The van der Waals surface area contributed by atoms with Gasteiger partial charge in [0.05, 0.1) is 16.9 Å². The highest BCUT2D eigenvalue weighted by Crippen LogP contribution is 2.61. The van der Waals surface area contributed by atoms with E-state index in [1.54, 1.807) is 16.7 Å². The van der Waals surface area contributed by atoms with Crippen LogP contribution in [0.3, 0.4) is 0 Å². The third-order valence-corrected chi connectivity index (χ3v) is 10.6. The smallest absolute Gasteiger partial charge is 0.261 e. The molecule has 45 heavy (non-hydrogen) atoms. The molecule has 3 heterocycles. The van der Waals surface area contributed by atoms with Gasteiger partial charge in [0, 0.05) is 37.9 Å². The van der Waals surface area contributed by atoms with E-state index in [-0.39, 0.29) is 17.4 Å². The molecule has 0 amide bonds. The van der Waals surface area contributed by atoms with Gasteiger partial charge in [-0.2, -0.15) is 5.10 Å². The van der Waals surface area contributed by atoms with Crippen molar-refractivity contribution in [2.45, 2.75) is 65.6 Å². The Hall–Kier alpha value is -4.12. The predicted molar refractivity (Wildman–Crippen MR) is 175 cm³/mol. The van der Waals surface area contributed by atoms with E-state index in [0.717, 1.165) is 49.2 Å². The van der Waals surface area contributed by atoms with Crippen LogP contribution < -0.4 is 16.2 Å². The number of H-pyrrole nitrogens is 1. The number of hydrogen-bond acceptors (Lipinski definition) is 6. The third-order valence-electron chi connectivity index (χ3n) is 10.6. The lowest BCUT2D eigenvalue weighted by Crippen LogP contribution is -2.57. The second-order valence-electron chi connectivity index (χ2n) is 13.7. The minimum absolute atomic E-state index is 0.164. The van der Waals surface area contributed by atoms with E-state index >= 15 is 0 Å². The SMILES string of the molecule is C[C@@H]1[C@@H](N=C(Nc2ccc3c(=O)n(CCc4ccc(F)cc4)c(-c4ncn[nH]4)nc3c2)N2CCN[C@@H](C)C2)C[C@H]2C[C@@H]1C2(C)C. The van der Waals surface area contributed by atoms with Crippen LogP contribution in [0.25, 0.3) is 22.6 Å². The zero-order valence-corrected chi connectivity index (χ0v) is 26.4. The van der Waals surface area contributed by atoms with Crippen LogP contribution in [0.4, 0.5) is 10.1 Å². The fraction of sp³-hybridized carbons (Fsp3) is 0.500. The summed E-state index contributed by atoms with van der Waals surface area (Å²) in [5.41, 5.74) is 2.56. The van der Waals surface area contributed by atoms with Crippen LogP contribution in [0.5, 0.6) is 0 Å². The fourth-order valence-corrected chi connectivity index (χ4v) is 7.79. The van der Waals surface area contributed by atoms with E-state index < -0.39 is 0 Å². The van der Waals surface area contributed by atoms with Crippen molar-refractivity contribution in [1.29, 1.82) is 0 Å². The number of aliphatic imine (C=N–C) groups is 1. The Morgan fingerprint density at radius 3 is 2.69 bits per heavy atom. The Labute approximate surface area is 262 Å². The second kappa shape index (κ2) is 11.7. The number of fused-ring (bicyclic) bond motifs is 3. The first kappa shape index (κ1) is 29.6. The van der Waals surface area contributed by atoms with E-state index in [0.29, 0.717) is 58.8 Å². The van der Waals surface area contributed by atoms with Crippen molar-refractivity contribution < 1.29 is 4.39 Å². The van der Waals surface area contributed by atoms with Crippen molar-refractivity contribution in [2.24, 2.45) is 28.2 Å². The first-order chi connectivity index (χ1) is 21.7. The van der Waals surface area contributed by atoms with Crippen molar-refractivity contribution in [2.75, 3.05) is 25.0 Å². The molecule has 1 aliphatic heterocycles. The maximum absolute atomic E-state index is 13.9. The molecule has 3 N–H and O–H groups in total. The van der Waals surface area contributed by atoms with Gasteiger partial charge in [-0.25, -0.2) is 19.4 Å². The van der Waals surface area contributed by atoms with E-state index in [2.05, 4.69) is 58.4 Å². The monoisotopic (exact) mass is 611 g/mol. The molecule has 2 aromatic heterocycles. The normalized spacial score (nSPS) is 26.1. The summed E-state index contributed by atoms with van der Waals surface area (Å²) in [5.74, 6) is 3.38. The Morgan fingerprint density at radius 1 is 1.16 bits per heavy atom. The molecule has 0 spiro atoms. The molecule has 5 atom stereocenters. The molecule has 3 saturated carbocycles. The number of piperazine rings is 1. The topological polar surface area (TPSA) is 116 Å². The van der Waals surface area contributed by atoms with Crippen LogP contribution in [0.1, 0.15) is 46.1 Å². The Kier molecular flexibility index (Phi) is 7.67. The summed E-state index contributed by atoms with van der Waals surface area (Å²) in [7, 11) is 0. The van der Waals surface area contributed by atoms with Gasteiger partial charge >= 0.3 is 0 Å². The van der Waals surface area contributed by atoms with Gasteiger partial charge in [-0.15, -0.1) is 0 Å². The van der Waals surface area contributed by atoms with E-state index in [1.807, 2.05) is 18.2 Å². The summed E-state index contributed by atoms with van der Waals surface area (Å²) in [6.45, 7) is 12.4. The van der Waals surface area contributed by atoms with E-state index in [9.17, 15) is 9.18 Å². The minimum atomic E-state index is -0.288. The Bertz CT molecular complexity index is 1760. The first-order valence-electron chi connectivity index (χ1n) is 16.2. The van der Waals surface area contributed by atoms with Crippen molar-refractivity contribution in [3.63, 3.8) is 0 Å². The number of nitrogens with zero attached hydrogens (tertiary/aromatic N) is 6. The van der Waals surface area contributed by atoms with Crippen LogP contribution in [-0.4, -0.2) is 67.3 Å². The molecule has 4 fully saturated rings. The van der Waals surface area contributed by atoms with Crippen molar-refractivity contribution in [3.05, 3.63) is 70.5 Å². The summed E-state index contributed by atoms with van der Waals surface area (Å²) in [5, 5.41) is 14.6. The number of rotatable bonds is 6. The molecule has 236 valence electrons. The number of hydrogen-bond donors (Lipinski definition) is 3. The summed E-state index contributed by atoms with van der Waals surface area (Å²) in [4.78, 5) is 30.9. The maximum atomic E-state index is 13.9. The van der Waals surface area contributed by atoms with Gasteiger partial charge in [0.15, 0.2) is 17.6 Å². The molecule has 1 saturated heterocycles. The van der Waals surface area contributed by atoms with Gasteiger partial charge in [0.2, 0.25) is 0 Å². The van der Waals surface area contributed by atoms with Gasteiger partial charge in [0.1, 0.15) is 12.1 Å². The van der Waals surface area contributed by atoms with E-state index in [4.69, 9.17) is 9.98 Å². The molecular weight excluding hydrogens is 569 g/mol. The summed E-state index contributed by atoms with van der Waals surface area (Å²) < 4.78 is 15.1. The molecule has 2 aromatic carbocycles. The number of aromatic nitrogens is 5. The van der Waals surface area contributed by atoms with E-state index in [1.165, 1.54) is 24.9 Å². The lowest BCUT2D eigenvalue weighted by molar-refractivity contribution is -0.108. The first-order valence-corrected chi connectivity index (χ1v) is 16.2. The van der Waals surface area contributed by atoms with Gasteiger partial charge in [-0.3, -0.25) is 14.5 Å². The average Bonchev–Trinajstić information content (AvgIpc) is 3.56. The fourth-order valence-electron chi connectivity index (χ4n) is 7.79. The standard InChI is InChI=1S/C34H42FN9O/c1-20-18-43(14-12-36-20)33(41-28-16-23-15-27(21(28)2)34(23,3)4)39-25-9-10-26-29(17-25)40-31(30-37-19-38-42-30)44(32(26)45)13-11-22-5-7-24(35)8-6-22/h5-10,17,19-21,23,27-28,36H,11-16,18H2,1-4H3,(H,39,41)(H,37,38,42)/t20-,21-,23+,27-,28-/m0/s1. The average molecular weight is 612 g/mol. The molecule has 2 bridgehead atoms. The molecule has 4 aliphatic rings. The molecule has 11 heteroatoms. The number of anilines is 1. The largest absolute Gasteiger partial charge is 0.340 e. The number of guanidine groups is 1. The summed E-state index contributed by atoms with van der Waals surface area (Å²) in [6.07, 6.45) is 4.38. The lowest BCUT2D eigenvalue weighted by Gasteiger charge is -2.61. The number of aromatic amines is 1. The van der Waals surface area contributed by atoms with Gasteiger partial charge in [-0.1, -0.05) is 32.9 Å². The number of aryl methyl sites for hydroxylation is 1. The van der Waals surface area contributed by atoms with Crippen molar-refractivity contribution in [1.82, 2.24) is 34.9 Å². The molecule has 0 unspecified atom stereocenters. The molecule has 4 aromatic rings. The van der Waals surface area contributed by atoms with Crippen molar-refractivity contribution in [3.8, 4) is 11.6 Å². The zero-order chi connectivity index (χ0) is 31.3. The third kappa shape index (κ3) is 5.62. The molecular formula is C34H42FN9O. The zero-order valence-electron chi connectivity index (χ0n) is 26.4. The quantitative estimate of drug-likeness (QED) is 0.214. The Balaban J connectivity index is 1.22. The van der Waals surface area contributed by atoms with Crippen LogP contribution in [0.2, 0.25) is 0 Å². The number of halogens is 1. The van der Waals surface area contributed by atoms with Crippen molar-refractivity contribution >= 4 is 22.5 Å². The molecule has 3 aliphatic carbocycles. The molecule has 8 rings (SSSR count). The van der Waals surface area contributed by atoms with Gasteiger partial charge in [-0.05, 0) is 85.3 Å². The predicted octanol–water partition coefficient (Wildman–Crippen LogP) is 4.70. The summed E-state index contributed by atoms with van der Waals surface area (Å²) in [6, 6.07) is 12.7. The molecule has 10 nitrogen and oxygen atoms in total.